The lowest BCUT2D eigenvalue weighted by molar-refractivity contribution is -0.121. The van der Waals surface area contributed by atoms with Crippen molar-refractivity contribution in [1.29, 1.82) is 0 Å². The summed E-state index contributed by atoms with van der Waals surface area (Å²) in [5, 5.41) is 3.59. The van der Waals surface area contributed by atoms with Crippen molar-refractivity contribution >= 4 is 28.0 Å². The molecular formula is C19H21N3O4. The number of aromatic nitrogens is 2. The van der Waals surface area contributed by atoms with E-state index in [-0.39, 0.29) is 23.6 Å². The van der Waals surface area contributed by atoms with Crippen LogP contribution in [0.3, 0.4) is 0 Å². The number of nitrogens with one attached hydrogen (secondary N) is 1. The Bertz CT molecular complexity index is 987. The number of hydrogen-bond acceptors (Lipinski definition) is 5. The van der Waals surface area contributed by atoms with Gasteiger partial charge in [0.05, 0.1) is 6.33 Å². The predicted molar refractivity (Wildman–Crippen MR) is 96.9 cm³/mol. The van der Waals surface area contributed by atoms with Crippen LogP contribution in [-0.2, 0) is 16.1 Å². The minimum Gasteiger partial charge on any atom is -0.448 e. The molecule has 1 aromatic carbocycles. The van der Waals surface area contributed by atoms with Crippen molar-refractivity contribution in [2.45, 2.75) is 25.8 Å². The molecule has 7 nitrogen and oxygen atoms in total. The molecule has 0 aliphatic heterocycles. The number of furan rings is 1. The fraction of sp³-hybridized carbons (Fsp3) is 0.421. The molecule has 1 saturated carbocycles. The lowest BCUT2D eigenvalue weighted by atomic mass is 10.2. The average Bonchev–Trinajstić information content (AvgIpc) is 3.39. The number of benzene rings is 1. The van der Waals surface area contributed by atoms with Crippen molar-refractivity contribution in [3.63, 3.8) is 0 Å². The number of carbonyl (C=O) groups is 1. The zero-order valence-corrected chi connectivity index (χ0v) is 14.4. The summed E-state index contributed by atoms with van der Waals surface area (Å²) in [5.41, 5.74) is 0.958. The average molecular weight is 355 g/mol. The van der Waals surface area contributed by atoms with E-state index >= 15 is 0 Å². The molecule has 7 heteroatoms. The summed E-state index contributed by atoms with van der Waals surface area (Å²) >= 11 is 0. The SMILES string of the molecule is O=C(Cn1cnc2c(oc3ccccc32)c1=O)NCCCOCC1CC1. The van der Waals surface area contributed by atoms with E-state index in [0.717, 1.165) is 24.3 Å². The van der Waals surface area contributed by atoms with Crippen molar-refractivity contribution in [3.05, 3.63) is 40.9 Å². The van der Waals surface area contributed by atoms with Crippen molar-refractivity contribution < 1.29 is 13.9 Å². The molecule has 2 aromatic heterocycles. The van der Waals surface area contributed by atoms with Crippen molar-refractivity contribution in [1.82, 2.24) is 14.9 Å². The number of carbonyl (C=O) groups excluding carboxylic acids is 1. The first-order valence-corrected chi connectivity index (χ1v) is 8.93. The highest BCUT2D eigenvalue weighted by Crippen LogP contribution is 2.28. The van der Waals surface area contributed by atoms with Crippen LogP contribution < -0.4 is 10.9 Å². The van der Waals surface area contributed by atoms with Crippen LogP contribution in [-0.4, -0.2) is 35.2 Å². The summed E-state index contributed by atoms with van der Waals surface area (Å²) in [7, 11) is 0. The van der Waals surface area contributed by atoms with Gasteiger partial charge >= 0.3 is 0 Å². The Labute approximate surface area is 150 Å². The Morgan fingerprint density at radius 1 is 1.35 bits per heavy atom. The van der Waals surface area contributed by atoms with Crippen molar-refractivity contribution in [2.75, 3.05) is 19.8 Å². The maximum absolute atomic E-state index is 12.5. The summed E-state index contributed by atoms with van der Waals surface area (Å²) in [4.78, 5) is 28.9. The number of ether oxygens (including phenoxy) is 1. The summed E-state index contributed by atoms with van der Waals surface area (Å²) in [5.74, 6) is 0.517. The summed E-state index contributed by atoms with van der Waals surface area (Å²) in [6.45, 7) is 1.91. The van der Waals surface area contributed by atoms with E-state index in [9.17, 15) is 9.59 Å². The van der Waals surface area contributed by atoms with E-state index in [0.29, 0.717) is 24.3 Å². The first-order valence-electron chi connectivity index (χ1n) is 8.93. The highest BCUT2D eigenvalue weighted by atomic mass is 16.5. The van der Waals surface area contributed by atoms with Crippen LogP contribution in [0.1, 0.15) is 19.3 Å². The second-order valence-corrected chi connectivity index (χ2v) is 6.68. The maximum atomic E-state index is 12.5. The van der Waals surface area contributed by atoms with E-state index in [4.69, 9.17) is 9.15 Å². The first-order chi connectivity index (χ1) is 12.7. The van der Waals surface area contributed by atoms with Gasteiger partial charge in [0, 0.05) is 25.1 Å². The van der Waals surface area contributed by atoms with Crippen LogP contribution >= 0.6 is 0 Å². The van der Waals surface area contributed by atoms with Gasteiger partial charge in [-0.25, -0.2) is 4.98 Å². The zero-order chi connectivity index (χ0) is 17.9. The topological polar surface area (TPSA) is 86.4 Å². The van der Waals surface area contributed by atoms with Gasteiger partial charge in [-0.05, 0) is 37.3 Å². The van der Waals surface area contributed by atoms with Crippen LogP contribution in [0.15, 0.2) is 39.8 Å². The second kappa shape index (κ2) is 7.29. The van der Waals surface area contributed by atoms with Gasteiger partial charge < -0.3 is 14.5 Å². The number of nitrogens with zero attached hydrogens (tertiary/aromatic N) is 2. The van der Waals surface area contributed by atoms with Crippen molar-refractivity contribution in [3.8, 4) is 0 Å². The molecule has 136 valence electrons. The van der Waals surface area contributed by atoms with Gasteiger partial charge in [0.2, 0.25) is 11.5 Å². The Morgan fingerprint density at radius 3 is 3.04 bits per heavy atom. The molecule has 26 heavy (non-hydrogen) atoms. The quantitative estimate of drug-likeness (QED) is 0.625. The number of hydrogen-bond donors (Lipinski definition) is 1. The molecule has 0 bridgehead atoms. The molecule has 3 aromatic rings. The zero-order valence-electron chi connectivity index (χ0n) is 14.4. The van der Waals surface area contributed by atoms with Gasteiger partial charge in [-0.15, -0.1) is 0 Å². The summed E-state index contributed by atoms with van der Waals surface area (Å²) in [6, 6.07) is 7.35. The Morgan fingerprint density at radius 2 is 2.19 bits per heavy atom. The highest BCUT2D eigenvalue weighted by molar-refractivity contribution is 6.01. The first kappa shape index (κ1) is 16.8. The van der Waals surface area contributed by atoms with Gasteiger partial charge in [-0.1, -0.05) is 12.1 Å². The lowest BCUT2D eigenvalue weighted by Gasteiger charge is -2.07. The molecule has 0 spiro atoms. The smallest absolute Gasteiger partial charge is 0.297 e. The largest absolute Gasteiger partial charge is 0.448 e. The standard InChI is InChI=1S/C19H21N3O4/c23-16(20-8-3-9-25-11-13-6-7-13)10-22-12-21-17-14-4-1-2-5-15(14)26-18(17)19(22)24/h1-2,4-5,12-13H,3,6-11H2,(H,20,23). The molecule has 0 radical (unpaired) electrons. The maximum Gasteiger partial charge on any atom is 0.297 e. The van der Waals surface area contributed by atoms with E-state index in [1.807, 2.05) is 18.2 Å². The third-order valence-electron chi connectivity index (χ3n) is 4.50. The van der Waals surface area contributed by atoms with Crippen LogP contribution in [0.25, 0.3) is 22.1 Å². The fourth-order valence-corrected chi connectivity index (χ4v) is 2.88. The van der Waals surface area contributed by atoms with Crippen LogP contribution in [0.4, 0.5) is 0 Å². The third-order valence-corrected chi connectivity index (χ3v) is 4.50. The molecule has 1 fully saturated rings. The number of para-hydroxylation sites is 1. The molecule has 1 aliphatic rings. The fourth-order valence-electron chi connectivity index (χ4n) is 2.88. The Balaban J connectivity index is 1.35. The normalized spacial score (nSPS) is 14.2. The van der Waals surface area contributed by atoms with Gasteiger partial charge in [0.1, 0.15) is 17.6 Å². The molecular weight excluding hydrogens is 334 g/mol. The van der Waals surface area contributed by atoms with E-state index < -0.39 is 0 Å². The minimum atomic E-state index is -0.353. The summed E-state index contributed by atoms with van der Waals surface area (Å²) < 4.78 is 12.4. The van der Waals surface area contributed by atoms with Crippen LogP contribution in [0.5, 0.6) is 0 Å². The van der Waals surface area contributed by atoms with Gasteiger partial charge in [0.15, 0.2) is 0 Å². The molecule has 2 heterocycles. The number of amides is 1. The van der Waals surface area contributed by atoms with Gasteiger partial charge in [-0.3, -0.25) is 14.2 Å². The van der Waals surface area contributed by atoms with Gasteiger partial charge in [-0.2, -0.15) is 0 Å². The molecule has 1 aliphatic carbocycles. The van der Waals surface area contributed by atoms with Gasteiger partial charge in [0.25, 0.3) is 5.56 Å². The monoisotopic (exact) mass is 355 g/mol. The lowest BCUT2D eigenvalue weighted by Crippen LogP contribution is -2.33. The molecule has 1 amide bonds. The highest BCUT2D eigenvalue weighted by Gasteiger charge is 2.20. The number of fused-ring (bicyclic) bond motifs is 3. The molecule has 1 N–H and O–H groups in total. The Hall–Kier alpha value is -2.67. The molecule has 0 unspecified atom stereocenters. The third kappa shape index (κ3) is 3.62. The van der Waals surface area contributed by atoms with E-state index in [1.54, 1.807) is 6.07 Å². The minimum absolute atomic E-state index is 0.0816. The van der Waals surface area contributed by atoms with E-state index in [1.165, 1.54) is 23.7 Å². The summed E-state index contributed by atoms with van der Waals surface area (Å²) in [6.07, 6.45) is 4.70. The molecule has 0 saturated heterocycles. The molecule has 0 atom stereocenters. The van der Waals surface area contributed by atoms with Crippen LogP contribution in [0.2, 0.25) is 0 Å². The number of rotatable bonds is 8. The molecule has 4 rings (SSSR count). The van der Waals surface area contributed by atoms with E-state index in [2.05, 4.69) is 10.3 Å². The second-order valence-electron chi connectivity index (χ2n) is 6.68. The van der Waals surface area contributed by atoms with Crippen molar-refractivity contribution in [2.24, 2.45) is 5.92 Å². The Kier molecular flexibility index (Phi) is 4.71. The van der Waals surface area contributed by atoms with Crippen LogP contribution in [0, 0.1) is 5.92 Å². The predicted octanol–water partition coefficient (Wildman–Crippen LogP) is 2.08.